The standard InChI is InChI=1S/C13H19NO3/c1-9-3-2-4-10(9)6-14-7-12-5-11(8-17-12)13(15)16/h5,8-10,14H,2-4,6-7H2,1H3,(H,15,16). The third kappa shape index (κ3) is 3.09. The first-order chi connectivity index (χ1) is 8.16. The fourth-order valence-corrected chi connectivity index (χ4v) is 2.49. The molecular formula is C13H19NO3. The summed E-state index contributed by atoms with van der Waals surface area (Å²) in [6, 6.07) is 1.58. The van der Waals surface area contributed by atoms with E-state index < -0.39 is 5.97 Å². The van der Waals surface area contributed by atoms with Crippen molar-refractivity contribution in [2.45, 2.75) is 32.7 Å². The molecule has 0 aliphatic heterocycles. The molecule has 1 saturated carbocycles. The highest BCUT2D eigenvalue weighted by Gasteiger charge is 2.22. The first-order valence-electron chi connectivity index (χ1n) is 6.18. The Morgan fingerprint density at radius 3 is 3.00 bits per heavy atom. The highest BCUT2D eigenvalue weighted by atomic mass is 16.4. The van der Waals surface area contributed by atoms with Crippen molar-refractivity contribution >= 4 is 5.97 Å². The summed E-state index contributed by atoms with van der Waals surface area (Å²) in [6.07, 6.45) is 5.25. The monoisotopic (exact) mass is 237 g/mol. The second-order valence-corrected chi connectivity index (χ2v) is 4.91. The Bertz CT molecular complexity index is 386. The number of carbonyl (C=O) groups is 1. The summed E-state index contributed by atoms with van der Waals surface area (Å²) in [6.45, 7) is 3.90. The minimum atomic E-state index is -0.940. The Kier molecular flexibility index (Phi) is 3.84. The van der Waals surface area contributed by atoms with Gasteiger partial charge in [-0.2, -0.15) is 0 Å². The molecule has 0 radical (unpaired) electrons. The Morgan fingerprint density at radius 2 is 2.41 bits per heavy atom. The van der Waals surface area contributed by atoms with Crippen molar-refractivity contribution in [2.75, 3.05) is 6.54 Å². The van der Waals surface area contributed by atoms with Gasteiger partial charge in [0.1, 0.15) is 12.0 Å². The molecule has 2 rings (SSSR count). The second-order valence-electron chi connectivity index (χ2n) is 4.91. The average Bonchev–Trinajstić information content (AvgIpc) is 2.89. The van der Waals surface area contributed by atoms with E-state index in [9.17, 15) is 4.79 Å². The van der Waals surface area contributed by atoms with Crippen molar-refractivity contribution in [2.24, 2.45) is 11.8 Å². The molecule has 4 heteroatoms. The van der Waals surface area contributed by atoms with Gasteiger partial charge in [0, 0.05) is 0 Å². The molecule has 0 aromatic carbocycles. The van der Waals surface area contributed by atoms with Gasteiger partial charge in [-0.05, 0) is 30.9 Å². The van der Waals surface area contributed by atoms with Crippen molar-refractivity contribution < 1.29 is 14.3 Å². The van der Waals surface area contributed by atoms with Crippen LogP contribution in [-0.4, -0.2) is 17.6 Å². The molecule has 1 aliphatic carbocycles. The van der Waals surface area contributed by atoms with Gasteiger partial charge in [0.25, 0.3) is 0 Å². The largest absolute Gasteiger partial charge is 0.478 e. The molecule has 94 valence electrons. The van der Waals surface area contributed by atoms with Gasteiger partial charge < -0.3 is 14.8 Å². The molecule has 0 bridgehead atoms. The maximum atomic E-state index is 10.7. The maximum Gasteiger partial charge on any atom is 0.338 e. The van der Waals surface area contributed by atoms with Crippen molar-refractivity contribution in [3.05, 3.63) is 23.7 Å². The summed E-state index contributed by atoms with van der Waals surface area (Å²) in [5.74, 6) is 1.30. The van der Waals surface area contributed by atoms with Crippen molar-refractivity contribution in [3.63, 3.8) is 0 Å². The Morgan fingerprint density at radius 1 is 1.59 bits per heavy atom. The third-order valence-corrected chi connectivity index (χ3v) is 3.65. The van der Waals surface area contributed by atoms with Crippen LogP contribution in [-0.2, 0) is 6.54 Å². The van der Waals surface area contributed by atoms with Crippen LogP contribution in [0.5, 0.6) is 0 Å². The van der Waals surface area contributed by atoms with Crippen LogP contribution in [0.25, 0.3) is 0 Å². The summed E-state index contributed by atoms with van der Waals surface area (Å²) in [4.78, 5) is 10.7. The van der Waals surface area contributed by atoms with Crippen molar-refractivity contribution in [1.82, 2.24) is 5.32 Å². The fraction of sp³-hybridized carbons (Fsp3) is 0.615. The zero-order valence-corrected chi connectivity index (χ0v) is 10.1. The zero-order chi connectivity index (χ0) is 12.3. The van der Waals surface area contributed by atoms with Crippen LogP contribution in [0.3, 0.4) is 0 Å². The Hall–Kier alpha value is -1.29. The van der Waals surface area contributed by atoms with Crippen LogP contribution in [0.2, 0.25) is 0 Å². The highest BCUT2D eigenvalue weighted by Crippen LogP contribution is 2.30. The lowest BCUT2D eigenvalue weighted by Gasteiger charge is -2.15. The Labute approximate surface area is 101 Å². The number of aromatic carboxylic acids is 1. The lowest BCUT2D eigenvalue weighted by molar-refractivity contribution is 0.0696. The van der Waals surface area contributed by atoms with E-state index in [1.807, 2.05) is 0 Å². The van der Waals surface area contributed by atoms with E-state index in [-0.39, 0.29) is 5.56 Å². The van der Waals surface area contributed by atoms with Gasteiger partial charge in [-0.25, -0.2) is 4.79 Å². The molecule has 1 aliphatic rings. The van der Waals surface area contributed by atoms with E-state index in [1.54, 1.807) is 6.07 Å². The molecule has 2 unspecified atom stereocenters. The number of furan rings is 1. The number of rotatable bonds is 5. The summed E-state index contributed by atoms with van der Waals surface area (Å²) < 4.78 is 5.17. The molecule has 17 heavy (non-hydrogen) atoms. The van der Waals surface area contributed by atoms with Crippen molar-refractivity contribution in [1.29, 1.82) is 0 Å². The summed E-state index contributed by atoms with van der Waals surface area (Å²) >= 11 is 0. The minimum absolute atomic E-state index is 0.219. The van der Waals surface area contributed by atoms with Gasteiger partial charge in [0.05, 0.1) is 12.1 Å². The van der Waals surface area contributed by atoms with E-state index >= 15 is 0 Å². The molecule has 0 spiro atoms. The number of carboxylic acids is 1. The lowest BCUT2D eigenvalue weighted by Crippen LogP contribution is -2.23. The number of hydrogen-bond donors (Lipinski definition) is 2. The number of hydrogen-bond acceptors (Lipinski definition) is 3. The van der Waals surface area contributed by atoms with E-state index in [1.165, 1.54) is 25.5 Å². The molecule has 0 amide bonds. The SMILES string of the molecule is CC1CCCC1CNCc1cc(C(=O)O)co1. The van der Waals surface area contributed by atoms with Crippen molar-refractivity contribution in [3.8, 4) is 0 Å². The van der Waals surface area contributed by atoms with Gasteiger partial charge in [0.2, 0.25) is 0 Å². The van der Waals surface area contributed by atoms with Crippen LogP contribution < -0.4 is 5.32 Å². The van der Waals surface area contributed by atoms with Crippen LogP contribution >= 0.6 is 0 Å². The van der Waals surface area contributed by atoms with E-state index in [0.29, 0.717) is 12.3 Å². The van der Waals surface area contributed by atoms with Crippen LogP contribution in [0.4, 0.5) is 0 Å². The third-order valence-electron chi connectivity index (χ3n) is 3.65. The van der Waals surface area contributed by atoms with Gasteiger partial charge in [-0.1, -0.05) is 19.8 Å². The predicted molar refractivity (Wildman–Crippen MR) is 63.9 cm³/mol. The van der Waals surface area contributed by atoms with E-state index in [0.717, 1.165) is 18.4 Å². The topological polar surface area (TPSA) is 62.5 Å². The summed E-state index contributed by atoms with van der Waals surface area (Å²) in [7, 11) is 0. The first-order valence-corrected chi connectivity index (χ1v) is 6.18. The molecule has 2 atom stereocenters. The molecule has 2 N–H and O–H groups in total. The normalized spacial score (nSPS) is 24.1. The molecular weight excluding hydrogens is 218 g/mol. The Balaban J connectivity index is 1.76. The second kappa shape index (κ2) is 5.36. The molecule has 1 aromatic rings. The molecule has 0 saturated heterocycles. The maximum absolute atomic E-state index is 10.7. The molecule has 1 heterocycles. The van der Waals surface area contributed by atoms with Crippen LogP contribution in [0, 0.1) is 11.8 Å². The van der Waals surface area contributed by atoms with Gasteiger partial charge in [0.15, 0.2) is 0 Å². The fourth-order valence-electron chi connectivity index (χ4n) is 2.49. The smallest absolute Gasteiger partial charge is 0.338 e. The quantitative estimate of drug-likeness (QED) is 0.826. The molecule has 4 nitrogen and oxygen atoms in total. The summed E-state index contributed by atoms with van der Waals surface area (Å²) in [5.41, 5.74) is 0.219. The van der Waals surface area contributed by atoms with Crippen LogP contribution in [0.1, 0.15) is 42.3 Å². The summed E-state index contributed by atoms with van der Waals surface area (Å²) in [5, 5.41) is 12.1. The van der Waals surface area contributed by atoms with Gasteiger partial charge >= 0.3 is 5.97 Å². The van der Waals surface area contributed by atoms with E-state index in [2.05, 4.69) is 12.2 Å². The highest BCUT2D eigenvalue weighted by molar-refractivity contribution is 5.87. The first kappa shape index (κ1) is 12.2. The lowest BCUT2D eigenvalue weighted by atomic mass is 9.98. The molecule has 1 fully saturated rings. The predicted octanol–water partition coefficient (Wildman–Crippen LogP) is 2.50. The molecule has 1 aromatic heterocycles. The number of carboxylic acid groups (broad SMARTS) is 1. The average molecular weight is 237 g/mol. The van der Waals surface area contributed by atoms with Gasteiger partial charge in [-0.3, -0.25) is 0 Å². The number of nitrogens with one attached hydrogen (secondary N) is 1. The van der Waals surface area contributed by atoms with Crippen LogP contribution in [0.15, 0.2) is 16.7 Å². The van der Waals surface area contributed by atoms with Gasteiger partial charge in [-0.15, -0.1) is 0 Å². The van der Waals surface area contributed by atoms with E-state index in [4.69, 9.17) is 9.52 Å². The zero-order valence-electron chi connectivity index (χ0n) is 10.1. The minimum Gasteiger partial charge on any atom is -0.478 e.